The molecule has 100 valence electrons. The van der Waals surface area contributed by atoms with Gasteiger partial charge >= 0.3 is 0 Å². The van der Waals surface area contributed by atoms with Crippen LogP contribution in [0.4, 0.5) is 5.69 Å². The number of aromatic nitrogens is 2. The van der Waals surface area contributed by atoms with Gasteiger partial charge in [0.25, 0.3) is 17.6 Å². The zero-order chi connectivity index (χ0) is 13.8. The van der Waals surface area contributed by atoms with E-state index in [1.165, 1.54) is 0 Å². The van der Waals surface area contributed by atoms with Crippen LogP contribution in [-0.4, -0.2) is 29.7 Å². The molecule has 0 unspecified atom stereocenters. The molecule has 0 spiro atoms. The Labute approximate surface area is 109 Å². The van der Waals surface area contributed by atoms with Crippen molar-refractivity contribution in [3.63, 3.8) is 0 Å². The summed E-state index contributed by atoms with van der Waals surface area (Å²) < 4.78 is 10.1. The summed E-state index contributed by atoms with van der Waals surface area (Å²) in [6, 6.07) is 5.07. The van der Waals surface area contributed by atoms with Gasteiger partial charge in [-0.05, 0) is 19.1 Å². The van der Waals surface area contributed by atoms with Crippen LogP contribution in [-0.2, 0) is 0 Å². The fourth-order valence-corrected chi connectivity index (χ4v) is 1.53. The Morgan fingerprint density at radius 1 is 1.53 bits per heavy atom. The predicted molar refractivity (Wildman–Crippen MR) is 68.7 cm³/mol. The number of rotatable bonds is 4. The number of anilines is 1. The molecule has 2 rings (SSSR count). The van der Waals surface area contributed by atoms with E-state index in [1.54, 1.807) is 32.2 Å². The van der Waals surface area contributed by atoms with Gasteiger partial charge in [-0.2, -0.15) is 4.98 Å². The average Bonchev–Trinajstić information content (AvgIpc) is 2.88. The number of nitrogens with one attached hydrogen (secondary N) is 1. The third-order valence-corrected chi connectivity index (χ3v) is 2.46. The quantitative estimate of drug-likeness (QED) is 0.799. The van der Waals surface area contributed by atoms with Crippen LogP contribution in [0.25, 0.3) is 11.5 Å². The lowest BCUT2D eigenvalue weighted by Crippen LogP contribution is -2.23. The SMILES string of the molecule is CCNC(=O)c1noc(-c2ccc(OC)cc2N)n1. The Kier molecular flexibility index (Phi) is 3.65. The Balaban J connectivity index is 2.30. The number of ether oxygens (including phenoxy) is 1. The highest BCUT2D eigenvalue weighted by molar-refractivity contribution is 5.90. The molecule has 1 aromatic carbocycles. The lowest BCUT2D eigenvalue weighted by Gasteiger charge is -2.03. The van der Waals surface area contributed by atoms with Gasteiger partial charge < -0.3 is 20.3 Å². The van der Waals surface area contributed by atoms with E-state index in [4.69, 9.17) is 15.0 Å². The maximum absolute atomic E-state index is 11.5. The molecule has 2 aromatic rings. The Bertz CT molecular complexity index is 594. The standard InChI is InChI=1S/C12H14N4O3/c1-3-14-11(17)10-15-12(19-16-10)8-5-4-7(18-2)6-9(8)13/h4-6H,3,13H2,1-2H3,(H,14,17). The largest absolute Gasteiger partial charge is 0.497 e. The molecule has 7 heteroatoms. The first-order valence-electron chi connectivity index (χ1n) is 5.71. The van der Waals surface area contributed by atoms with E-state index in [0.29, 0.717) is 23.5 Å². The van der Waals surface area contributed by atoms with Gasteiger partial charge in [0.05, 0.1) is 12.7 Å². The molecule has 3 N–H and O–H groups in total. The van der Waals surface area contributed by atoms with Crippen molar-refractivity contribution in [2.24, 2.45) is 0 Å². The van der Waals surface area contributed by atoms with Crippen molar-refractivity contribution < 1.29 is 14.1 Å². The molecule has 1 amide bonds. The number of amides is 1. The molecule has 1 aromatic heterocycles. The summed E-state index contributed by atoms with van der Waals surface area (Å²) in [5.41, 5.74) is 6.86. The molecule has 0 fully saturated rings. The average molecular weight is 262 g/mol. The minimum absolute atomic E-state index is 0.0212. The molecule has 19 heavy (non-hydrogen) atoms. The van der Waals surface area contributed by atoms with Gasteiger partial charge in [0, 0.05) is 18.3 Å². The van der Waals surface area contributed by atoms with E-state index >= 15 is 0 Å². The van der Waals surface area contributed by atoms with E-state index in [1.807, 2.05) is 0 Å². The van der Waals surface area contributed by atoms with Crippen LogP contribution in [0.1, 0.15) is 17.5 Å². The van der Waals surface area contributed by atoms with Crippen LogP contribution in [0.5, 0.6) is 5.75 Å². The first-order chi connectivity index (χ1) is 9.15. The van der Waals surface area contributed by atoms with Crippen molar-refractivity contribution in [3.8, 4) is 17.2 Å². The fourth-order valence-electron chi connectivity index (χ4n) is 1.53. The molecule has 0 bridgehead atoms. The number of carbonyl (C=O) groups excluding carboxylic acids is 1. The first-order valence-corrected chi connectivity index (χ1v) is 5.71. The maximum atomic E-state index is 11.5. The van der Waals surface area contributed by atoms with Crippen molar-refractivity contribution in [1.29, 1.82) is 0 Å². The van der Waals surface area contributed by atoms with Crippen LogP contribution in [0.15, 0.2) is 22.7 Å². The third-order valence-electron chi connectivity index (χ3n) is 2.46. The summed E-state index contributed by atoms with van der Waals surface area (Å²) in [5.74, 6) is 0.419. The van der Waals surface area contributed by atoms with Crippen molar-refractivity contribution >= 4 is 11.6 Å². The van der Waals surface area contributed by atoms with E-state index in [9.17, 15) is 4.79 Å². The molecule has 0 aliphatic heterocycles. The van der Waals surface area contributed by atoms with Crippen LogP contribution < -0.4 is 15.8 Å². The van der Waals surface area contributed by atoms with Gasteiger partial charge in [-0.25, -0.2) is 0 Å². The van der Waals surface area contributed by atoms with Gasteiger partial charge in [-0.3, -0.25) is 4.79 Å². The number of hydrogen-bond acceptors (Lipinski definition) is 6. The normalized spacial score (nSPS) is 10.2. The smallest absolute Gasteiger partial charge is 0.292 e. The monoisotopic (exact) mass is 262 g/mol. The molecule has 0 aliphatic rings. The molecular weight excluding hydrogens is 248 g/mol. The number of nitrogens with two attached hydrogens (primary N) is 1. The second kappa shape index (κ2) is 5.38. The summed E-state index contributed by atoms with van der Waals surface area (Å²) in [5, 5.41) is 6.19. The van der Waals surface area contributed by atoms with Crippen LogP contribution in [0, 0.1) is 0 Å². The highest BCUT2D eigenvalue weighted by atomic mass is 16.5. The van der Waals surface area contributed by atoms with Crippen molar-refractivity contribution in [2.45, 2.75) is 6.92 Å². The van der Waals surface area contributed by atoms with Gasteiger partial charge in [0.1, 0.15) is 5.75 Å². The van der Waals surface area contributed by atoms with Gasteiger partial charge in [0.2, 0.25) is 0 Å². The number of methoxy groups -OCH3 is 1. The van der Waals surface area contributed by atoms with Gasteiger partial charge in [0.15, 0.2) is 0 Å². The summed E-state index contributed by atoms with van der Waals surface area (Å²) in [4.78, 5) is 15.5. The summed E-state index contributed by atoms with van der Waals surface area (Å²) in [6.45, 7) is 2.30. The van der Waals surface area contributed by atoms with E-state index in [0.717, 1.165) is 0 Å². The number of benzene rings is 1. The van der Waals surface area contributed by atoms with E-state index in [-0.39, 0.29) is 17.6 Å². The Hall–Kier alpha value is -2.57. The Morgan fingerprint density at radius 3 is 2.95 bits per heavy atom. The second-order valence-corrected chi connectivity index (χ2v) is 3.74. The molecule has 0 atom stereocenters. The van der Waals surface area contributed by atoms with Crippen molar-refractivity contribution in [1.82, 2.24) is 15.5 Å². The fraction of sp³-hybridized carbons (Fsp3) is 0.250. The molecule has 0 saturated carbocycles. The molecular formula is C12H14N4O3. The molecule has 1 heterocycles. The maximum Gasteiger partial charge on any atom is 0.292 e. The summed E-state index contributed by atoms with van der Waals surface area (Å²) >= 11 is 0. The van der Waals surface area contributed by atoms with Gasteiger partial charge in [-0.15, -0.1) is 0 Å². The number of hydrogen-bond donors (Lipinski definition) is 2. The van der Waals surface area contributed by atoms with Crippen LogP contribution >= 0.6 is 0 Å². The molecule has 0 aliphatic carbocycles. The molecule has 0 radical (unpaired) electrons. The predicted octanol–water partition coefficient (Wildman–Crippen LogP) is 1.08. The third kappa shape index (κ3) is 2.65. The topological polar surface area (TPSA) is 103 Å². The lowest BCUT2D eigenvalue weighted by molar-refractivity contribution is 0.0942. The number of nitrogen functional groups attached to an aromatic ring is 1. The van der Waals surface area contributed by atoms with E-state index in [2.05, 4.69) is 15.5 Å². The zero-order valence-electron chi connectivity index (χ0n) is 10.6. The minimum atomic E-state index is -0.385. The highest BCUT2D eigenvalue weighted by Gasteiger charge is 2.16. The lowest BCUT2D eigenvalue weighted by atomic mass is 10.1. The first kappa shape index (κ1) is 12.9. The highest BCUT2D eigenvalue weighted by Crippen LogP contribution is 2.27. The summed E-state index contributed by atoms with van der Waals surface area (Å²) in [7, 11) is 1.55. The number of nitrogens with zero attached hydrogens (tertiary/aromatic N) is 2. The van der Waals surface area contributed by atoms with Crippen molar-refractivity contribution in [3.05, 3.63) is 24.0 Å². The van der Waals surface area contributed by atoms with Crippen molar-refractivity contribution in [2.75, 3.05) is 19.4 Å². The van der Waals surface area contributed by atoms with E-state index < -0.39 is 0 Å². The molecule has 0 saturated heterocycles. The minimum Gasteiger partial charge on any atom is -0.497 e. The van der Waals surface area contributed by atoms with Gasteiger partial charge in [-0.1, -0.05) is 5.16 Å². The summed E-state index contributed by atoms with van der Waals surface area (Å²) in [6.07, 6.45) is 0. The molecule has 7 nitrogen and oxygen atoms in total. The second-order valence-electron chi connectivity index (χ2n) is 3.74. The number of carbonyl (C=O) groups is 1. The Morgan fingerprint density at radius 2 is 2.32 bits per heavy atom. The van der Waals surface area contributed by atoms with Crippen LogP contribution in [0.3, 0.4) is 0 Å². The van der Waals surface area contributed by atoms with Crippen LogP contribution in [0.2, 0.25) is 0 Å². The zero-order valence-corrected chi connectivity index (χ0v) is 10.6.